The third kappa shape index (κ3) is 3.61. The largest absolute Gasteiger partial charge is 0.497 e. The number of sulfonamides is 1. The van der Waals surface area contributed by atoms with E-state index in [2.05, 4.69) is 15.9 Å². The summed E-state index contributed by atoms with van der Waals surface area (Å²) in [6.45, 7) is 0.843. The molecule has 0 unspecified atom stereocenters. The summed E-state index contributed by atoms with van der Waals surface area (Å²) in [6.07, 6.45) is 0.699. The van der Waals surface area contributed by atoms with E-state index in [0.717, 1.165) is 0 Å². The van der Waals surface area contributed by atoms with Crippen molar-refractivity contribution in [3.8, 4) is 5.75 Å². The summed E-state index contributed by atoms with van der Waals surface area (Å²) in [4.78, 5) is 0.225. The smallest absolute Gasteiger partial charge is 0.243 e. The topological polar surface area (TPSA) is 72.6 Å². The molecule has 108 valence electrons. The van der Waals surface area contributed by atoms with Crippen molar-refractivity contribution in [1.29, 1.82) is 0 Å². The first-order valence-corrected chi connectivity index (χ1v) is 7.77. The van der Waals surface area contributed by atoms with Crippen LogP contribution in [0.2, 0.25) is 0 Å². The van der Waals surface area contributed by atoms with E-state index in [1.165, 1.54) is 17.5 Å². The summed E-state index contributed by atoms with van der Waals surface area (Å²) in [7, 11) is -1.98. The van der Waals surface area contributed by atoms with Crippen molar-refractivity contribution in [3.05, 3.63) is 22.7 Å². The molecular formula is C11H16BrClN2O3S. The van der Waals surface area contributed by atoms with Crippen LogP contribution in [0.3, 0.4) is 0 Å². The molecule has 0 saturated carbocycles. The molecule has 19 heavy (non-hydrogen) atoms. The SMILES string of the molecule is COc1cc(Br)cc(S(=O)(=O)N2CC[C@@H](N)C2)c1.Cl. The summed E-state index contributed by atoms with van der Waals surface area (Å²) < 4.78 is 32.0. The molecule has 0 radical (unpaired) electrons. The Morgan fingerprint density at radius 1 is 1.42 bits per heavy atom. The number of nitrogens with zero attached hydrogens (tertiary/aromatic N) is 1. The molecule has 0 aromatic heterocycles. The van der Waals surface area contributed by atoms with Crippen molar-refractivity contribution in [2.24, 2.45) is 5.73 Å². The summed E-state index contributed by atoms with van der Waals surface area (Å²) in [5, 5.41) is 0. The van der Waals surface area contributed by atoms with Crippen LogP contribution in [0.4, 0.5) is 0 Å². The second-order valence-corrected chi connectivity index (χ2v) is 7.09. The van der Waals surface area contributed by atoms with Gasteiger partial charge in [0.05, 0.1) is 12.0 Å². The van der Waals surface area contributed by atoms with Gasteiger partial charge in [0.15, 0.2) is 0 Å². The third-order valence-electron chi connectivity index (χ3n) is 2.91. The Labute approximate surface area is 127 Å². The van der Waals surface area contributed by atoms with Crippen LogP contribution in [0.5, 0.6) is 5.75 Å². The third-order valence-corrected chi connectivity index (χ3v) is 5.21. The molecule has 0 aliphatic carbocycles. The van der Waals surface area contributed by atoms with Crippen LogP contribution in [0.1, 0.15) is 6.42 Å². The van der Waals surface area contributed by atoms with Crippen LogP contribution in [-0.4, -0.2) is 39.0 Å². The fraction of sp³-hybridized carbons (Fsp3) is 0.455. The first-order valence-electron chi connectivity index (χ1n) is 5.54. The highest BCUT2D eigenvalue weighted by atomic mass is 79.9. The van der Waals surface area contributed by atoms with Crippen molar-refractivity contribution in [2.45, 2.75) is 17.4 Å². The first-order chi connectivity index (χ1) is 8.43. The summed E-state index contributed by atoms with van der Waals surface area (Å²) in [5.74, 6) is 0.506. The Morgan fingerprint density at radius 3 is 2.63 bits per heavy atom. The maximum absolute atomic E-state index is 12.4. The molecule has 1 heterocycles. The van der Waals surface area contributed by atoms with Crippen LogP contribution in [0.25, 0.3) is 0 Å². The lowest BCUT2D eigenvalue weighted by atomic mass is 10.3. The van der Waals surface area contributed by atoms with E-state index < -0.39 is 10.0 Å². The van der Waals surface area contributed by atoms with Crippen molar-refractivity contribution >= 4 is 38.4 Å². The molecule has 1 aliphatic heterocycles. The average molecular weight is 372 g/mol. The normalized spacial score (nSPS) is 20.1. The minimum Gasteiger partial charge on any atom is -0.497 e. The molecule has 1 atom stereocenters. The molecule has 2 N–H and O–H groups in total. The highest BCUT2D eigenvalue weighted by molar-refractivity contribution is 9.10. The van der Waals surface area contributed by atoms with Gasteiger partial charge in [0, 0.05) is 29.7 Å². The van der Waals surface area contributed by atoms with Gasteiger partial charge in [-0.1, -0.05) is 15.9 Å². The first kappa shape index (κ1) is 16.7. The molecule has 1 aromatic rings. The molecule has 2 rings (SSSR count). The fourth-order valence-corrected chi connectivity index (χ4v) is 4.12. The number of ether oxygens (including phenoxy) is 1. The highest BCUT2D eigenvalue weighted by Crippen LogP contribution is 2.27. The number of benzene rings is 1. The van der Waals surface area contributed by atoms with Gasteiger partial charge < -0.3 is 10.5 Å². The standard InChI is InChI=1S/C11H15BrN2O3S.ClH/c1-17-10-4-8(12)5-11(6-10)18(15,16)14-3-2-9(13)7-14;/h4-6,9H,2-3,7,13H2,1H3;1H/t9-;/m1./s1. The minimum atomic E-state index is -3.48. The lowest BCUT2D eigenvalue weighted by Gasteiger charge is -2.16. The van der Waals surface area contributed by atoms with Gasteiger partial charge in [-0.15, -0.1) is 12.4 Å². The molecular weight excluding hydrogens is 356 g/mol. The monoisotopic (exact) mass is 370 g/mol. The Balaban J connectivity index is 0.00000180. The maximum Gasteiger partial charge on any atom is 0.243 e. The Hall–Kier alpha value is -0.340. The molecule has 0 bridgehead atoms. The summed E-state index contributed by atoms with van der Waals surface area (Å²) in [6, 6.07) is 4.73. The van der Waals surface area contributed by atoms with E-state index in [4.69, 9.17) is 10.5 Å². The van der Waals surface area contributed by atoms with Gasteiger partial charge in [0.1, 0.15) is 5.75 Å². The van der Waals surface area contributed by atoms with E-state index in [9.17, 15) is 8.42 Å². The lowest BCUT2D eigenvalue weighted by Crippen LogP contribution is -2.32. The Kier molecular flexibility index (Phi) is 5.64. The quantitative estimate of drug-likeness (QED) is 0.876. The minimum absolute atomic E-state index is 0. The van der Waals surface area contributed by atoms with Crippen LogP contribution in [-0.2, 0) is 10.0 Å². The highest BCUT2D eigenvalue weighted by Gasteiger charge is 2.31. The zero-order valence-corrected chi connectivity index (χ0v) is 13.6. The second-order valence-electron chi connectivity index (χ2n) is 4.24. The summed E-state index contributed by atoms with van der Waals surface area (Å²) >= 11 is 3.28. The van der Waals surface area contributed by atoms with E-state index in [0.29, 0.717) is 29.7 Å². The molecule has 1 fully saturated rings. The van der Waals surface area contributed by atoms with Crippen molar-refractivity contribution in [3.63, 3.8) is 0 Å². The van der Waals surface area contributed by atoms with Gasteiger partial charge >= 0.3 is 0 Å². The van der Waals surface area contributed by atoms with Gasteiger partial charge in [-0.05, 0) is 18.6 Å². The van der Waals surface area contributed by atoms with Crippen molar-refractivity contribution in [1.82, 2.24) is 4.31 Å². The maximum atomic E-state index is 12.4. The number of hydrogen-bond acceptors (Lipinski definition) is 4. The molecule has 1 saturated heterocycles. The predicted octanol–water partition coefficient (Wildman–Crippen LogP) is 1.60. The van der Waals surface area contributed by atoms with Crippen molar-refractivity contribution in [2.75, 3.05) is 20.2 Å². The average Bonchev–Trinajstić information content (AvgIpc) is 2.75. The second kappa shape index (κ2) is 6.41. The van der Waals surface area contributed by atoms with E-state index in [-0.39, 0.29) is 23.3 Å². The van der Waals surface area contributed by atoms with Crippen LogP contribution in [0.15, 0.2) is 27.6 Å². The van der Waals surface area contributed by atoms with Gasteiger partial charge in [0.25, 0.3) is 0 Å². The molecule has 0 spiro atoms. The summed E-state index contributed by atoms with van der Waals surface area (Å²) in [5.41, 5.74) is 5.75. The predicted molar refractivity (Wildman–Crippen MR) is 79.3 cm³/mol. The number of rotatable bonds is 3. The number of halogens is 2. The molecule has 1 aromatic carbocycles. The van der Waals surface area contributed by atoms with Gasteiger partial charge in [-0.2, -0.15) is 4.31 Å². The zero-order valence-electron chi connectivity index (χ0n) is 10.4. The van der Waals surface area contributed by atoms with E-state index in [1.807, 2.05) is 0 Å². The van der Waals surface area contributed by atoms with E-state index >= 15 is 0 Å². The Morgan fingerprint density at radius 2 is 2.11 bits per heavy atom. The van der Waals surface area contributed by atoms with Crippen LogP contribution in [0, 0.1) is 0 Å². The lowest BCUT2D eigenvalue weighted by molar-refractivity contribution is 0.412. The molecule has 5 nitrogen and oxygen atoms in total. The molecule has 0 amide bonds. The van der Waals surface area contributed by atoms with Gasteiger partial charge in [-0.25, -0.2) is 8.42 Å². The number of nitrogens with two attached hydrogens (primary N) is 1. The van der Waals surface area contributed by atoms with E-state index in [1.54, 1.807) is 12.1 Å². The van der Waals surface area contributed by atoms with Gasteiger partial charge in [0.2, 0.25) is 10.0 Å². The number of hydrogen-bond donors (Lipinski definition) is 1. The molecule has 1 aliphatic rings. The van der Waals surface area contributed by atoms with Crippen LogP contribution < -0.4 is 10.5 Å². The fourth-order valence-electron chi connectivity index (χ4n) is 1.93. The van der Waals surface area contributed by atoms with Gasteiger partial charge in [-0.3, -0.25) is 0 Å². The Bertz CT molecular complexity index is 553. The number of methoxy groups -OCH3 is 1. The molecule has 8 heteroatoms. The zero-order chi connectivity index (χ0) is 13.3. The van der Waals surface area contributed by atoms with Crippen molar-refractivity contribution < 1.29 is 13.2 Å². The van der Waals surface area contributed by atoms with Crippen LogP contribution >= 0.6 is 28.3 Å².